The summed E-state index contributed by atoms with van der Waals surface area (Å²) < 4.78 is 53.0. The van der Waals surface area contributed by atoms with Crippen LogP contribution in [-0.2, 0) is 24.6 Å². The first kappa shape index (κ1) is 22.5. The van der Waals surface area contributed by atoms with Crippen LogP contribution in [0, 0.1) is 0 Å². The lowest BCUT2D eigenvalue weighted by molar-refractivity contribution is -0.252. The highest BCUT2D eigenvalue weighted by Crippen LogP contribution is 2.34. The van der Waals surface area contributed by atoms with Gasteiger partial charge in [-0.1, -0.05) is 55.7 Å². The van der Waals surface area contributed by atoms with E-state index in [1.54, 1.807) is 36.4 Å². The first-order chi connectivity index (χ1) is 15.4. The molecular weight excluding hydrogens is 448 g/mol. The van der Waals surface area contributed by atoms with Crippen molar-refractivity contribution in [1.29, 1.82) is 0 Å². The molecule has 32 heavy (non-hydrogen) atoms. The Morgan fingerprint density at radius 1 is 0.625 bits per heavy atom. The van der Waals surface area contributed by atoms with Crippen molar-refractivity contribution in [2.45, 2.75) is 57.8 Å². The minimum atomic E-state index is -4.06. The fraction of sp³-hybridized carbons (Fsp3) is 0.250. The summed E-state index contributed by atoms with van der Waals surface area (Å²) >= 11 is 0. The van der Waals surface area contributed by atoms with Crippen molar-refractivity contribution in [2.75, 3.05) is 0 Å². The van der Waals surface area contributed by atoms with Crippen LogP contribution >= 0.6 is 0 Å². The topological polar surface area (TPSA) is 86.7 Å². The van der Waals surface area contributed by atoms with E-state index < -0.39 is 19.7 Å². The van der Waals surface area contributed by atoms with E-state index in [0.717, 1.165) is 38.2 Å². The maximum atomic E-state index is 13.4. The molecule has 0 bridgehead atoms. The zero-order valence-corrected chi connectivity index (χ0v) is 19.0. The van der Waals surface area contributed by atoms with Gasteiger partial charge in [-0.05, 0) is 55.3 Å². The summed E-state index contributed by atoms with van der Waals surface area (Å²) in [6.45, 7) is 0. The van der Waals surface area contributed by atoms with Gasteiger partial charge in [0, 0.05) is 0 Å². The van der Waals surface area contributed by atoms with Crippen molar-refractivity contribution < 1.29 is 26.6 Å². The normalized spacial score (nSPS) is 15.4. The van der Waals surface area contributed by atoms with E-state index in [2.05, 4.69) is 0 Å². The number of hydrogen-bond acceptors (Lipinski definition) is 6. The molecule has 0 radical (unpaired) electrons. The summed E-state index contributed by atoms with van der Waals surface area (Å²) in [7, 11) is -7.97. The van der Waals surface area contributed by atoms with Crippen LogP contribution < -0.4 is 4.89 Å². The molecule has 3 aromatic rings. The Bertz CT molecular complexity index is 1260. The Balaban J connectivity index is 1.77. The van der Waals surface area contributed by atoms with E-state index in [-0.39, 0.29) is 31.4 Å². The number of rotatable bonds is 7. The Morgan fingerprint density at radius 3 is 1.78 bits per heavy atom. The van der Waals surface area contributed by atoms with Gasteiger partial charge in [0.15, 0.2) is 5.75 Å². The third kappa shape index (κ3) is 4.72. The summed E-state index contributed by atoms with van der Waals surface area (Å²) in [4.78, 5) is 10.7. The van der Waals surface area contributed by atoms with Gasteiger partial charge in [-0.2, -0.15) is 4.89 Å². The average molecular weight is 473 g/mol. The van der Waals surface area contributed by atoms with Gasteiger partial charge < -0.3 is 4.89 Å². The SMILES string of the molecule is O=S(=O)(c1ccccc1)c1ccc(OOC2CCCCC2)c(S(=O)(=O)c2ccccc2)c1. The minimum Gasteiger partial charge on any atom is -0.336 e. The van der Waals surface area contributed by atoms with Gasteiger partial charge >= 0.3 is 0 Å². The molecule has 1 aliphatic carbocycles. The van der Waals surface area contributed by atoms with E-state index in [0.29, 0.717) is 0 Å². The molecule has 168 valence electrons. The number of benzene rings is 3. The average Bonchev–Trinajstić information content (AvgIpc) is 2.84. The summed E-state index contributed by atoms with van der Waals surface area (Å²) in [5.41, 5.74) is 0. The largest absolute Gasteiger partial charge is 0.336 e. The van der Waals surface area contributed by atoms with Crippen molar-refractivity contribution in [3.8, 4) is 5.75 Å². The molecule has 3 aromatic carbocycles. The van der Waals surface area contributed by atoms with Gasteiger partial charge in [-0.3, -0.25) is 0 Å². The molecule has 0 aliphatic heterocycles. The molecule has 0 atom stereocenters. The van der Waals surface area contributed by atoms with Crippen LogP contribution in [0.1, 0.15) is 32.1 Å². The molecule has 1 fully saturated rings. The summed E-state index contributed by atoms with van der Waals surface area (Å²) in [5, 5.41) is 0. The molecule has 0 spiro atoms. The van der Waals surface area contributed by atoms with Crippen LogP contribution in [0.5, 0.6) is 5.75 Å². The van der Waals surface area contributed by atoms with Crippen LogP contribution in [0.3, 0.4) is 0 Å². The highest BCUT2D eigenvalue weighted by Gasteiger charge is 2.28. The fourth-order valence-corrected chi connectivity index (χ4v) is 6.48. The fourth-order valence-electron chi connectivity index (χ4n) is 3.68. The predicted molar refractivity (Wildman–Crippen MR) is 119 cm³/mol. The van der Waals surface area contributed by atoms with Crippen molar-refractivity contribution in [1.82, 2.24) is 0 Å². The molecule has 0 saturated heterocycles. The van der Waals surface area contributed by atoms with Gasteiger partial charge in [-0.15, -0.1) is 0 Å². The van der Waals surface area contributed by atoms with Gasteiger partial charge in [0.2, 0.25) is 19.7 Å². The summed E-state index contributed by atoms with van der Waals surface area (Å²) in [6.07, 6.45) is 4.74. The minimum absolute atomic E-state index is 0.0357. The Labute approximate surface area is 188 Å². The molecule has 0 amide bonds. The zero-order chi connectivity index (χ0) is 22.6. The van der Waals surface area contributed by atoms with Gasteiger partial charge in [-0.25, -0.2) is 16.8 Å². The third-order valence-electron chi connectivity index (χ3n) is 5.45. The lowest BCUT2D eigenvalue weighted by Gasteiger charge is -2.21. The predicted octanol–water partition coefficient (Wildman–Crippen LogP) is 5.00. The molecule has 1 saturated carbocycles. The van der Waals surface area contributed by atoms with Gasteiger partial charge in [0.1, 0.15) is 11.0 Å². The van der Waals surface area contributed by atoms with Crippen molar-refractivity contribution in [3.63, 3.8) is 0 Å². The van der Waals surface area contributed by atoms with Crippen LogP contribution in [0.2, 0.25) is 0 Å². The molecule has 1 aliphatic rings. The molecule has 0 unspecified atom stereocenters. The quantitative estimate of drug-likeness (QED) is 0.355. The lowest BCUT2D eigenvalue weighted by atomic mass is 9.98. The van der Waals surface area contributed by atoms with Crippen LogP contribution in [0.25, 0.3) is 0 Å². The van der Waals surface area contributed by atoms with E-state index in [1.807, 2.05) is 0 Å². The zero-order valence-electron chi connectivity index (χ0n) is 17.4. The van der Waals surface area contributed by atoms with E-state index in [4.69, 9.17) is 9.78 Å². The maximum Gasteiger partial charge on any atom is 0.210 e. The maximum absolute atomic E-state index is 13.4. The first-order valence-electron chi connectivity index (χ1n) is 10.5. The van der Waals surface area contributed by atoms with Crippen molar-refractivity contribution in [3.05, 3.63) is 78.9 Å². The molecule has 6 nitrogen and oxygen atoms in total. The van der Waals surface area contributed by atoms with Crippen molar-refractivity contribution in [2.24, 2.45) is 0 Å². The Kier molecular flexibility index (Phi) is 6.64. The van der Waals surface area contributed by atoms with Crippen molar-refractivity contribution >= 4 is 19.7 Å². The third-order valence-corrected chi connectivity index (χ3v) is 9.01. The van der Waals surface area contributed by atoms with E-state index >= 15 is 0 Å². The van der Waals surface area contributed by atoms with Crippen LogP contribution in [0.4, 0.5) is 0 Å². The van der Waals surface area contributed by atoms with E-state index in [9.17, 15) is 16.8 Å². The second-order valence-corrected chi connectivity index (χ2v) is 11.5. The standard InChI is InChI=1S/C24H24O6S2/c25-31(26,20-12-6-2-7-13-20)22-16-17-23(30-29-19-10-4-1-5-11-19)24(18-22)32(27,28)21-14-8-3-9-15-21/h2-3,6-9,12-19H,1,4-5,10-11H2. The van der Waals surface area contributed by atoms with Gasteiger partial charge in [0.25, 0.3) is 0 Å². The number of hydrogen-bond donors (Lipinski definition) is 0. The second-order valence-electron chi connectivity index (χ2n) is 7.68. The van der Waals surface area contributed by atoms with E-state index in [1.165, 1.54) is 36.4 Å². The second kappa shape index (κ2) is 9.44. The molecule has 0 heterocycles. The molecule has 0 N–H and O–H groups in total. The molecule has 0 aromatic heterocycles. The molecule has 4 rings (SSSR count). The smallest absolute Gasteiger partial charge is 0.210 e. The summed E-state index contributed by atoms with van der Waals surface area (Å²) in [6, 6.07) is 19.5. The summed E-state index contributed by atoms with van der Waals surface area (Å²) in [5.74, 6) is -0.0357. The number of sulfone groups is 2. The highest BCUT2D eigenvalue weighted by atomic mass is 32.2. The van der Waals surface area contributed by atoms with Gasteiger partial charge in [0.05, 0.1) is 14.7 Å². The monoisotopic (exact) mass is 472 g/mol. The molecule has 8 heteroatoms. The Hall–Kier alpha value is -2.68. The Morgan fingerprint density at radius 2 is 1.19 bits per heavy atom. The van der Waals surface area contributed by atoms with Crippen LogP contribution in [-0.4, -0.2) is 22.9 Å². The first-order valence-corrected chi connectivity index (χ1v) is 13.4. The molecular formula is C24H24O6S2. The van der Waals surface area contributed by atoms with Crippen LogP contribution in [0.15, 0.2) is 98.4 Å². The lowest BCUT2D eigenvalue weighted by Crippen LogP contribution is -2.19. The highest BCUT2D eigenvalue weighted by molar-refractivity contribution is 7.92.